The Bertz CT molecular complexity index is 49.5. The quantitative estimate of drug-likeness (QED) is 0.472. The molecular formula is COS2Si2. The van der Waals surface area contributed by atoms with Crippen LogP contribution < -0.4 is 0 Å². The van der Waals surface area contributed by atoms with Gasteiger partial charge in [-0.15, -0.1) is 22.4 Å². The first kappa shape index (κ1) is 6.80. The van der Waals surface area contributed by atoms with Crippen molar-refractivity contribution in [3.8, 4) is 0 Å². The summed E-state index contributed by atoms with van der Waals surface area (Å²) in [6.07, 6.45) is 0. The van der Waals surface area contributed by atoms with Gasteiger partial charge in [-0.05, 0) is 0 Å². The second-order valence-electron chi connectivity index (χ2n) is 0.454. The molecular weight excluding hydrogens is 148 g/mol. The van der Waals surface area contributed by atoms with Crippen LogP contribution in [0.1, 0.15) is 0 Å². The van der Waals surface area contributed by atoms with Crippen LogP contribution in [0.2, 0.25) is 0 Å². The third kappa shape index (κ3) is 3.01. The first-order valence-electron chi connectivity index (χ1n) is 1.02. The molecule has 5 heteroatoms. The van der Waals surface area contributed by atoms with Gasteiger partial charge in [0.2, 0.25) is 4.45 Å². The minimum Gasteiger partial charge on any atom is -0.276 e. The van der Waals surface area contributed by atoms with Gasteiger partial charge in [-0.2, -0.15) is 0 Å². The van der Waals surface area contributed by atoms with Crippen molar-refractivity contribution in [1.29, 1.82) is 0 Å². The molecule has 0 saturated carbocycles. The normalized spacial score (nSPS) is 8.33. The van der Waals surface area contributed by atoms with Crippen LogP contribution in [0, 0.1) is 0 Å². The summed E-state index contributed by atoms with van der Waals surface area (Å²) in [5.41, 5.74) is 0. The highest BCUT2D eigenvalue weighted by Crippen LogP contribution is 2.06. The molecule has 0 aliphatic rings. The van der Waals surface area contributed by atoms with Crippen LogP contribution in [0.25, 0.3) is 0 Å². The lowest BCUT2D eigenvalue weighted by atomic mass is 11.8. The van der Waals surface area contributed by atoms with Crippen molar-refractivity contribution in [2.75, 3.05) is 0 Å². The standard InChI is InChI=1S/COS2Si2/c2-1(3-5)4-6. The molecule has 0 amide bonds. The Kier molecular flexibility index (Phi) is 4.51. The van der Waals surface area contributed by atoms with Crippen LogP contribution in [0.5, 0.6) is 0 Å². The monoisotopic (exact) mass is 148 g/mol. The van der Waals surface area contributed by atoms with Crippen molar-refractivity contribution in [2.24, 2.45) is 0 Å². The van der Waals surface area contributed by atoms with Gasteiger partial charge < -0.3 is 0 Å². The smallest absolute Gasteiger partial charge is 0.233 e. The maximum absolute atomic E-state index is 10.0. The van der Waals surface area contributed by atoms with E-state index in [0.29, 0.717) is 0 Å². The lowest BCUT2D eigenvalue weighted by molar-refractivity contribution is 0.277. The molecule has 6 radical (unpaired) electrons. The summed E-state index contributed by atoms with van der Waals surface area (Å²) >= 11 is 2.01. The van der Waals surface area contributed by atoms with E-state index in [4.69, 9.17) is 0 Å². The Morgan fingerprint density at radius 2 is 1.67 bits per heavy atom. The summed E-state index contributed by atoms with van der Waals surface area (Å²) in [6.45, 7) is 0. The van der Waals surface area contributed by atoms with E-state index < -0.39 is 0 Å². The highest BCUT2D eigenvalue weighted by atomic mass is 32.4. The second kappa shape index (κ2) is 3.98. The zero-order valence-corrected chi connectivity index (χ0v) is 6.36. The molecule has 0 aliphatic carbocycles. The summed E-state index contributed by atoms with van der Waals surface area (Å²) in [5, 5.41) is 0. The van der Waals surface area contributed by atoms with Gasteiger partial charge in [0.05, 0.1) is 0 Å². The van der Waals surface area contributed by atoms with Crippen LogP contribution in [0.15, 0.2) is 0 Å². The van der Waals surface area contributed by atoms with E-state index in [1.807, 2.05) is 0 Å². The van der Waals surface area contributed by atoms with Crippen molar-refractivity contribution in [3.63, 3.8) is 0 Å². The van der Waals surface area contributed by atoms with E-state index in [2.05, 4.69) is 18.8 Å². The first-order valence-corrected chi connectivity index (χ1v) is 5.10. The zero-order valence-electron chi connectivity index (χ0n) is 2.72. The summed E-state index contributed by atoms with van der Waals surface area (Å²) in [7, 11) is 5.86. The Balaban J connectivity index is 2.99. The molecule has 0 bridgehead atoms. The topological polar surface area (TPSA) is 17.1 Å². The van der Waals surface area contributed by atoms with Gasteiger partial charge >= 0.3 is 0 Å². The van der Waals surface area contributed by atoms with E-state index in [9.17, 15) is 4.79 Å². The van der Waals surface area contributed by atoms with Gasteiger partial charge in [0.15, 0.2) is 0 Å². The maximum Gasteiger partial charge on any atom is 0.233 e. The molecule has 0 heterocycles. The molecule has 0 atom stereocenters. The average molecular weight is 148 g/mol. The van der Waals surface area contributed by atoms with Crippen molar-refractivity contribution in [3.05, 3.63) is 0 Å². The third-order valence-electron chi connectivity index (χ3n) is 0.167. The predicted molar refractivity (Wildman–Crippen MR) is 32.1 cm³/mol. The molecule has 0 aromatic rings. The van der Waals surface area contributed by atoms with Crippen LogP contribution in [-0.4, -0.2) is 23.2 Å². The lowest BCUT2D eigenvalue weighted by Gasteiger charge is -1.80. The Morgan fingerprint density at radius 1 is 1.33 bits per heavy atom. The number of hydrogen-bond donors (Lipinski definition) is 0. The van der Waals surface area contributed by atoms with Crippen molar-refractivity contribution >= 4 is 45.7 Å². The van der Waals surface area contributed by atoms with E-state index in [0.717, 1.165) is 22.4 Å². The van der Waals surface area contributed by atoms with Crippen molar-refractivity contribution in [1.82, 2.24) is 0 Å². The minimum atomic E-state index is 0.00309. The van der Waals surface area contributed by atoms with E-state index >= 15 is 0 Å². The Morgan fingerprint density at radius 3 is 1.67 bits per heavy atom. The predicted octanol–water partition coefficient (Wildman–Crippen LogP) is 0.740. The van der Waals surface area contributed by atoms with Gasteiger partial charge in [0, 0.05) is 0 Å². The molecule has 0 saturated heterocycles. The molecule has 0 N–H and O–H groups in total. The third-order valence-corrected chi connectivity index (χ3v) is 3.00. The maximum atomic E-state index is 10.0. The number of hydrogen-bond acceptors (Lipinski definition) is 3. The molecule has 0 fully saturated rings. The van der Waals surface area contributed by atoms with Crippen molar-refractivity contribution < 1.29 is 4.79 Å². The fourth-order valence-corrected chi connectivity index (χ4v) is 1.69. The second-order valence-corrected chi connectivity index (χ2v) is 3.09. The molecule has 0 rings (SSSR count). The van der Waals surface area contributed by atoms with Gasteiger partial charge in [0.1, 0.15) is 18.8 Å². The van der Waals surface area contributed by atoms with Crippen LogP contribution in [0.4, 0.5) is 4.79 Å². The molecule has 30 valence electrons. The van der Waals surface area contributed by atoms with Crippen molar-refractivity contribution in [2.45, 2.75) is 0 Å². The fraction of sp³-hybridized carbons (Fsp3) is 0. The minimum absolute atomic E-state index is 0.00309. The number of carbonyl (C=O) groups is 1. The van der Waals surface area contributed by atoms with Gasteiger partial charge in [-0.1, -0.05) is 0 Å². The highest BCUT2D eigenvalue weighted by Gasteiger charge is 1.88. The van der Waals surface area contributed by atoms with Gasteiger partial charge in [0.25, 0.3) is 0 Å². The molecule has 0 spiro atoms. The molecule has 0 aromatic heterocycles. The summed E-state index contributed by atoms with van der Waals surface area (Å²) in [5.74, 6) is 0. The van der Waals surface area contributed by atoms with E-state index in [1.165, 1.54) is 0 Å². The molecule has 1 nitrogen and oxygen atoms in total. The molecule has 0 aromatic carbocycles. The first-order chi connectivity index (χ1) is 2.81. The average Bonchev–Trinajstić information content (AvgIpc) is 1.65. The fourth-order valence-electron chi connectivity index (χ4n) is 0.0208. The number of carbonyl (C=O) groups excluding carboxylic acids is 1. The van der Waals surface area contributed by atoms with Crippen LogP contribution >= 0.6 is 22.4 Å². The zero-order chi connectivity index (χ0) is 4.99. The summed E-state index contributed by atoms with van der Waals surface area (Å²) < 4.78 is 0.00309. The van der Waals surface area contributed by atoms with Crippen LogP contribution in [0.3, 0.4) is 0 Å². The highest BCUT2D eigenvalue weighted by molar-refractivity contribution is 8.53. The Labute approximate surface area is 50.8 Å². The van der Waals surface area contributed by atoms with Gasteiger partial charge in [-0.3, -0.25) is 4.79 Å². The van der Waals surface area contributed by atoms with E-state index in [-0.39, 0.29) is 4.45 Å². The van der Waals surface area contributed by atoms with Gasteiger partial charge in [-0.25, -0.2) is 0 Å². The molecule has 6 heavy (non-hydrogen) atoms. The summed E-state index contributed by atoms with van der Waals surface area (Å²) in [6, 6.07) is 0. The Hall–Kier alpha value is 0.804. The molecule has 0 unspecified atom stereocenters. The summed E-state index contributed by atoms with van der Waals surface area (Å²) in [4.78, 5) is 10.0. The number of rotatable bonds is 0. The SMILES string of the molecule is O=C(S[Si])S[Si]. The largest absolute Gasteiger partial charge is 0.276 e. The van der Waals surface area contributed by atoms with Crippen LogP contribution in [-0.2, 0) is 0 Å². The van der Waals surface area contributed by atoms with E-state index in [1.54, 1.807) is 0 Å². The lowest BCUT2D eigenvalue weighted by Crippen LogP contribution is -1.73. The molecule has 0 aliphatic heterocycles.